The maximum absolute atomic E-state index is 13.4. The third-order valence-corrected chi connectivity index (χ3v) is 7.67. The highest BCUT2D eigenvalue weighted by molar-refractivity contribution is 6.06. The van der Waals surface area contributed by atoms with Gasteiger partial charge >= 0.3 is 0 Å². The van der Waals surface area contributed by atoms with Gasteiger partial charge in [0.2, 0.25) is 0 Å². The van der Waals surface area contributed by atoms with Crippen molar-refractivity contribution < 1.29 is 9.53 Å². The molecule has 1 amide bonds. The highest BCUT2D eigenvalue weighted by Crippen LogP contribution is 2.31. The molecule has 0 aliphatic heterocycles. The average Bonchev–Trinajstić information content (AvgIpc) is 3.33. The van der Waals surface area contributed by atoms with Gasteiger partial charge in [0, 0.05) is 28.2 Å². The summed E-state index contributed by atoms with van der Waals surface area (Å²) in [5.41, 5.74) is 8.88. The van der Waals surface area contributed by atoms with Crippen LogP contribution in [0.3, 0.4) is 0 Å². The maximum atomic E-state index is 13.4. The van der Waals surface area contributed by atoms with Gasteiger partial charge in [-0.25, -0.2) is 0 Å². The van der Waals surface area contributed by atoms with E-state index in [1.165, 1.54) is 44.1 Å². The largest absolute Gasteiger partial charge is 0.495 e. The number of methoxy groups -OCH3 is 1. The van der Waals surface area contributed by atoms with Gasteiger partial charge < -0.3 is 20.4 Å². The SMILES string of the molecule is CC.CCCCCC(CCC)c1ccc(C(=O)Nc2c(CC)[nH]c(C)c2/C=C\C(Nc2ccccc2OC)=C(C)C)cc1. The van der Waals surface area contributed by atoms with Crippen molar-refractivity contribution in [2.75, 3.05) is 17.7 Å². The van der Waals surface area contributed by atoms with E-state index in [0.717, 1.165) is 51.8 Å². The Morgan fingerprint density at radius 3 is 2.23 bits per heavy atom. The molecule has 0 radical (unpaired) electrons. The van der Waals surface area contributed by atoms with Crippen LogP contribution in [0.15, 0.2) is 65.9 Å². The molecule has 1 unspecified atom stereocenters. The summed E-state index contributed by atoms with van der Waals surface area (Å²) in [6, 6.07) is 16.1. The summed E-state index contributed by atoms with van der Waals surface area (Å²) >= 11 is 0. The summed E-state index contributed by atoms with van der Waals surface area (Å²) < 4.78 is 5.52. The molecule has 2 aromatic carbocycles. The molecule has 3 aromatic rings. The van der Waals surface area contributed by atoms with E-state index >= 15 is 0 Å². The number of para-hydroxylation sites is 2. The lowest BCUT2D eigenvalue weighted by Gasteiger charge is -2.17. The van der Waals surface area contributed by atoms with Crippen LogP contribution in [0.2, 0.25) is 0 Å². The number of carbonyl (C=O) groups excluding carboxylic acids is 1. The minimum atomic E-state index is -0.0903. The maximum Gasteiger partial charge on any atom is 0.255 e. The molecule has 1 aromatic heterocycles. The number of allylic oxidation sites excluding steroid dienone is 2. The fraction of sp³-hybridized carbons (Fsp3) is 0.447. The number of aromatic nitrogens is 1. The van der Waals surface area contributed by atoms with E-state index in [1.54, 1.807) is 7.11 Å². The Morgan fingerprint density at radius 1 is 0.930 bits per heavy atom. The molecule has 0 fully saturated rings. The van der Waals surface area contributed by atoms with Crippen LogP contribution in [-0.2, 0) is 6.42 Å². The van der Waals surface area contributed by atoms with E-state index in [2.05, 4.69) is 74.5 Å². The van der Waals surface area contributed by atoms with E-state index in [9.17, 15) is 4.79 Å². The van der Waals surface area contributed by atoms with E-state index in [4.69, 9.17) is 4.74 Å². The van der Waals surface area contributed by atoms with Crippen LogP contribution in [-0.4, -0.2) is 18.0 Å². The third-order valence-electron chi connectivity index (χ3n) is 7.67. The van der Waals surface area contributed by atoms with Crippen molar-refractivity contribution in [1.29, 1.82) is 0 Å². The Balaban J connectivity index is 0.00000316. The number of nitrogens with one attached hydrogen (secondary N) is 3. The van der Waals surface area contributed by atoms with E-state index in [0.29, 0.717) is 11.5 Å². The lowest BCUT2D eigenvalue weighted by molar-refractivity contribution is 0.102. The Morgan fingerprint density at radius 2 is 1.63 bits per heavy atom. The second-order valence-electron chi connectivity index (χ2n) is 11.0. The summed E-state index contributed by atoms with van der Waals surface area (Å²) in [6.45, 7) is 16.8. The number of benzene rings is 2. The number of ether oxygens (including phenoxy) is 1. The first-order chi connectivity index (χ1) is 20.8. The second-order valence-corrected chi connectivity index (χ2v) is 11.0. The molecule has 0 saturated heterocycles. The van der Waals surface area contributed by atoms with E-state index in [1.807, 2.05) is 57.2 Å². The molecule has 234 valence electrons. The molecule has 0 spiro atoms. The predicted molar refractivity (Wildman–Crippen MR) is 186 cm³/mol. The fourth-order valence-corrected chi connectivity index (χ4v) is 5.27. The van der Waals surface area contributed by atoms with Crippen molar-refractivity contribution in [2.24, 2.45) is 0 Å². The molecule has 1 heterocycles. The Kier molecular flexibility index (Phi) is 15.5. The minimum Gasteiger partial charge on any atom is -0.495 e. The molecule has 3 rings (SSSR count). The molecule has 0 saturated carbocycles. The van der Waals surface area contributed by atoms with Gasteiger partial charge in [0.05, 0.1) is 18.5 Å². The van der Waals surface area contributed by atoms with Crippen LogP contribution in [0.1, 0.15) is 126 Å². The predicted octanol–water partition coefficient (Wildman–Crippen LogP) is 11.1. The molecule has 0 aliphatic carbocycles. The summed E-state index contributed by atoms with van der Waals surface area (Å²) in [6.07, 6.45) is 12.3. The third kappa shape index (κ3) is 10.2. The van der Waals surface area contributed by atoms with Crippen LogP contribution < -0.4 is 15.4 Å². The molecule has 43 heavy (non-hydrogen) atoms. The van der Waals surface area contributed by atoms with Crippen LogP contribution in [0.25, 0.3) is 6.08 Å². The highest BCUT2D eigenvalue weighted by atomic mass is 16.5. The number of H-pyrrole nitrogens is 1. The van der Waals surface area contributed by atoms with Crippen molar-refractivity contribution in [3.63, 3.8) is 0 Å². The monoisotopic (exact) mass is 585 g/mol. The molecule has 1 atom stereocenters. The first-order valence-corrected chi connectivity index (χ1v) is 16.2. The molecule has 0 aliphatic rings. The quantitative estimate of drug-likeness (QED) is 0.123. The summed E-state index contributed by atoms with van der Waals surface area (Å²) in [4.78, 5) is 16.9. The number of hydrogen-bond acceptors (Lipinski definition) is 3. The number of aromatic amines is 1. The van der Waals surface area contributed by atoms with Gasteiger partial charge in [-0.15, -0.1) is 0 Å². The topological polar surface area (TPSA) is 66.2 Å². The van der Waals surface area contributed by atoms with E-state index in [-0.39, 0.29) is 5.91 Å². The number of carbonyl (C=O) groups is 1. The van der Waals surface area contributed by atoms with Crippen molar-refractivity contribution in [3.8, 4) is 5.75 Å². The Hall–Kier alpha value is -3.73. The molecular formula is C38H55N3O2. The number of aryl methyl sites for hydroxylation is 2. The zero-order valence-electron chi connectivity index (χ0n) is 28.1. The van der Waals surface area contributed by atoms with Crippen LogP contribution in [0, 0.1) is 6.92 Å². The lowest BCUT2D eigenvalue weighted by Crippen LogP contribution is -2.13. The standard InChI is InChI=1S/C36H49N3O2.C2H6/c1-8-11-12-16-27(15-9-2)28-19-21-29(22-20-28)36(40)39-35-30(26(6)37-31(35)10-3)23-24-32(25(4)5)38-33-17-13-14-18-34(33)41-7;1-2/h13-14,17-24,27,37-38H,8-12,15-16H2,1-7H3,(H,39,40);1-2H3/b24-23-;. The van der Waals surface area contributed by atoms with Crippen LogP contribution >= 0.6 is 0 Å². The van der Waals surface area contributed by atoms with Crippen molar-refractivity contribution in [2.45, 2.75) is 106 Å². The number of anilines is 2. The summed E-state index contributed by atoms with van der Waals surface area (Å²) in [5.74, 6) is 1.26. The Labute approximate surface area is 261 Å². The van der Waals surface area contributed by atoms with Crippen molar-refractivity contribution >= 4 is 23.4 Å². The molecule has 3 N–H and O–H groups in total. The number of hydrogen-bond donors (Lipinski definition) is 3. The fourth-order valence-electron chi connectivity index (χ4n) is 5.27. The van der Waals surface area contributed by atoms with Gasteiger partial charge in [-0.05, 0) is 87.9 Å². The average molecular weight is 586 g/mol. The number of amides is 1. The first kappa shape index (κ1) is 35.5. The molecular weight excluding hydrogens is 530 g/mol. The molecule has 5 heteroatoms. The van der Waals surface area contributed by atoms with Gasteiger partial charge in [-0.3, -0.25) is 4.79 Å². The zero-order chi connectivity index (χ0) is 31.8. The lowest BCUT2D eigenvalue weighted by atomic mass is 9.89. The van der Waals surface area contributed by atoms with Crippen molar-refractivity contribution in [3.05, 3.63) is 94.0 Å². The van der Waals surface area contributed by atoms with Gasteiger partial charge in [0.25, 0.3) is 5.91 Å². The minimum absolute atomic E-state index is 0.0903. The Bertz CT molecular complexity index is 1330. The smallest absolute Gasteiger partial charge is 0.255 e. The van der Waals surface area contributed by atoms with Crippen molar-refractivity contribution in [1.82, 2.24) is 4.98 Å². The summed E-state index contributed by atoms with van der Waals surface area (Å²) in [7, 11) is 1.67. The van der Waals surface area contributed by atoms with Crippen LogP contribution in [0.5, 0.6) is 5.75 Å². The first-order valence-electron chi connectivity index (χ1n) is 16.2. The summed E-state index contributed by atoms with van der Waals surface area (Å²) in [5, 5.41) is 6.73. The molecule has 0 bridgehead atoms. The molecule has 5 nitrogen and oxygen atoms in total. The van der Waals surface area contributed by atoms with Gasteiger partial charge in [0.15, 0.2) is 0 Å². The van der Waals surface area contributed by atoms with Gasteiger partial charge in [-0.2, -0.15) is 0 Å². The zero-order valence-corrected chi connectivity index (χ0v) is 28.1. The van der Waals surface area contributed by atoms with Gasteiger partial charge in [-0.1, -0.05) is 90.1 Å². The normalized spacial score (nSPS) is 11.5. The van der Waals surface area contributed by atoms with Gasteiger partial charge in [0.1, 0.15) is 5.75 Å². The second kappa shape index (κ2) is 18.7. The van der Waals surface area contributed by atoms with Crippen LogP contribution in [0.4, 0.5) is 11.4 Å². The van der Waals surface area contributed by atoms with E-state index < -0.39 is 0 Å². The number of unbranched alkanes of at least 4 members (excludes halogenated alkanes) is 2. The number of rotatable bonds is 15. The highest BCUT2D eigenvalue weighted by Gasteiger charge is 2.17.